The van der Waals surface area contributed by atoms with Gasteiger partial charge in [-0.05, 0) is 12.0 Å². The summed E-state index contributed by atoms with van der Waals surface area (Å²) in [6.07, 6.45) is 8.53. The van der Waals surface area contributed by atoms with Crippen LogP contribution in [0.2, 0.25) is 0 Å². The van der Waals surface area contributed by atoms with Crippen LogP contribution in [0.4, 0.5) is 0 Å². The summed E-state index contributed by atoms with van der Waals surface area (Å²) in [6.45, 7) is 2.20. The Morgan fingerprint density at radius 3 is 1.98 bits per heavy atom. The molecule has 0 radical (unpaired) electrons. The Hall–Kier alpha value is -5.84. The van der Waals surface area contributed by atoms with Gasteiger partial charge < -0.3 is 0 Å². The SMILES string of the molecule is CC1C=CC=CC1c1nc(-c2[c-]c(-c3[c-]cccc3-c3ccc(-c4nc(-c5ccccc5)nc5c4sc4ccccc45)cc3)ccc2)nc(-c2ccccc2)n1.[U+2]. The molecule has 3 aromatic heterocycles. The van der Waals surface area contributed by atoms with Crippen molar-refractivity contribution in [1.29, 1.82) is 0 Å². The van der Waals surface area contributed by atoms with Crippen molar-refractivity contribution in [1.82, 2.24) is 24.9 Å². The molecule has 1 aliphatic rings. The summed E-state index contributed by atoms with van der Waals surface area (Å²) in [4.78, 5) is 25.3. The molecule has 9 aromatic rings. The fraction of sp³-hybridized carbons (Fsp3) is 0.0600. The molecule has 5 nitrogen and oxygen atoms in total. The van der Waals surface area contributed by atoms with Gasteiger partial charge in [0.15, 0.2) is 11.6 Å². The monoisotopic (exact) mass is 973 g/mol. The first-order valence-corrected chi connectivity index (χ1v) is 19.5. The van der Waals surface area contributed by atoms with E-state index in [0.29, 0.717) is 11.6 Å². The Bertz CT molecular complexity index is 2940. The van der Waals surface area contributed by atoms with E-state index in [9.17, 15) is 0 Å². The van der Waals surface area contributed by atoms with Crippen molar-refractivity contribution in [2.75, 3.05) is 0 Å². The zero-order chi connectivity index (χ0) is 37.4. The van der Waals surface area contributed by atoms with Gasteiger partial charge in [0.1, 0.15) is 5.82 Å². The number of rotatable bonds is 7. The molecule has 0 saturated heterocycles. The number of allylic oxidation sites excluding steroid dienone is 4. The van der Waals surface area contributed by atoms with Crippen molar-refractivity contribution in [3.05, 3.63) is 188 Å². The molecule has 3 heterocycles. The molecule has 57 heavy (non-hydrogen) atoms. The van der Waals surface area contributed by atoms with Gasteiger partial charge in [-0.3, -0.25) is 4.98 Å². The Labute approximate surface area is 359 Å². The van der Waals surface area contributed by atoms with E-state index in [-0.39, 0.29) is 42.9 Å². The van der Waals surface area contributed by atoms with Crippen LogP contribution in [-0.2, 0) is 0 Å². The van der Waals surface area contributed by atoms with Crippen molar-refractivity contribution < 1.29 is 31.1 Å². The van der Waals surface area contributed by atoms with Crippen LogP contribution in [0.1, 0.15) is 18.7 Å². The van der Waals surface area contributed by atoms with Crippen molar-refractivity contribution in [3.63, 3.8) is 0 Å². The van der Waals surface area contributed by atoms with Gasteiger partial charge in [0.2, 0.25) is 0 Å². The minimum Gasteiger partial charge on any atom is -0.252 e. The molecule has 0 N–H and O–H groups in total. The van der Waals surface area contributed by atoms with E-state index in [4.69, 9.17) is 24.9 Å². The Morgan fingerprint density at radius 2 is 1.21 bits per heavy atom. The van der Waals surface area contributed by atoms with Crippen LogP contribution in [0.5, 0.6) is 0 Å². The van der Waals surface area contributed by atoms with Crippen molar-refractivity contribution in [2.24, 2.45) is 5.92 Å². The summed E-state index contributed by atoms with van der Waals surface area (Å²) in [7, 11) is 0. The van der Waals surface area contributed by atoms with Crippen LogP contribution in [0.25, 0.3) is 88.0 Å². The van der Waals surface area contributed by atoms with Crippen LogP contribution in [0.15, 0.2) is 170 Å². The number of hydrogen-bond donors (Lipinski definition) is 0. The van der Waals surface area contributed by atoms with E-state index < -0.39 is 0 Å². The first-order valence-electron chi connectivity index (χ1n) is 18.7. The van der Waals surface area contributed by atoms with Crippen molar-refractivity contribution >= 4 is 31.6 Å². The number of aromatic nitrogens is 5. The number of thiophene rings is 1. The molecular weight excluding hydrogens is 941 g/mol. The van der Waals surface area contributed by atoms with Crippen LogP contribution in [0.3, 0.4) is 0 Å². The summed E-state index contributed by atoms with van der Waals surface area (Å²) in [5.74, 6) is 3.03. The van der Waals surface area contributed by atoms with E-state index in [0.717, 1.165) is 77.5 Å². The van der Waals surface area contributed by atoms with Gasteiger partial charge in [-0.25, -0.2) is 25.5 Å². The van der Waals surface area contributed by atoms with E-state index in [2.05, 4.69) is 116 Å². The number of benzene rings is 6. The molecule has 10 rings (SSSR count). The third-order valence-corrected chi connectivity index (χ3v) is 11.4. The quantitative estimate of drug-likeness (QED) is 0.149. The summed E-state index contributed by atoms with van der Waals surface area (Å²) < 4.78 is 2.28. The molecule has 2 unspecified atom stereocenters. The molecule has 0 bridgehead atoms. The Kier molecular flexibility index (Phi) is 10.3. The molecule has 0 spiro atoms. The minimum absolute atomic E-state index is 0. The number of nitrogens with zero attached hydrogens (tertiary/aromatic N) is 5. The summed E-state index contributed by atoms with van der Waals surface area (Å²) >= 11 is 1.74. The van der Waals surface area contributed by atoms with Gasteiger partial charge in [-0.1, -0.05) is 145 Å². The maximum Gasteiger partial charge on any atom is 2.00 e. The van der Waals surface area contributed by atoms with Gasteiger partial charge in [0.05, 0.1) is 21.7 Å². The van der Waals surface area contributed by atoms with Crippen LogP contribution in [0, 0.1) is 49.2 Å². The second-order valence-electron chi connectivity index (χ2n) is 13.9. The average molecular weight is 974 g/mol. The molecule has 268 valence electrons. The fourth-order valence-electron chi connectivity index (χ4n) is 7.37. The molecule has 6 aromatic carbocycles. The first-order chi connectivity index (χ1) is 27.7. The second-order valence-corrected chi connectivity index (χ2v) is 15.0. The fourth-order valence-corrected chi connectivity index (χ4v) is 8.53. The third-order valence-electron chi connectivity index (χ3n) is 10.3. The molecule has 0 aliphatic heterocycles. The molecule has 0 amide bonds. The summed E-state index contributed by atoms with van der Waals surface area (Å²) in [6, 6.07) is 56.9. The topological polar surface area (TPSA) is 64.5 Å². The minimum atomic E-state index is 0. The Morgan fingerprint density at radius 1 is 0.544 bits per heavy atom. The Balaban J connectivity index is 0.00000422. The van der Waals surface area contributed by atoms with Crippen molar-refractivity contribution in [3.8, 4) is 67.7 Å². The molecule has 7 heteroatoms. The van der Waals surface area contributed by atoms with E-state index in [1.54, 1.807) is 11.3 Å². The van der Waals surface area contributed by atoms with E-state index in [1.807, 2.05) is 72.8 Å². The molecule has 0 fully saturated rings. The van der Waals surface area contributed by atoms with Gasteiger partial charge in [0.25, 0.3) is 0 Å². The zero-order valence-corrected chi connectivity index (χ0v) is 35.9. The van der Waals surface area contributed by atoms with Gasteiger partial charge in [-0.15, -0.1) is 41.2 Å². The third kappa shape index (κ3) is 7.20. The molecule has 0 saturated carbocycles. The first kappa shape index (κ1) is 36.8. The van der Waals surface area contributed by atoms with Gasteiger partial charge >= 0.3 is 31.1 Å². The predicted molar refractivity (Wildman–Crippen MR) is 229 cm³/mol. The maximum absolute atomic E-state index is 5.17. The maximum atomic E-state index is 5.17. The van der Waals surface area contributed by atoms with Crippen LogP contribution >= 0.6 is 11.3 Å². The predicted octanol–water partition coefficient (Wildman–Crippen LogP) is 12.5. The summed E-state index contributed by atoms with van der Waals surface area (Å²) in [5.41, 5.74) is 9.69. The number of fused-ring (bicyclic) bond motifs is 3. The van der Waals surface area contributed by atoms with E-state index >= 15 is 0 Å². The molecule has 2 atom stereocenters. The van der Waals surface area contributed by atoms with Gasteiger partial charge in [-0.2, -0.15) is 29.8 Å². The molecular formula is C50H33N5SU. The smallest absolute Gasteiger partial charge is 0.252 e. The van der Waals surface area contributed by atoms with Crippen LogP contribution in [-0.4, -0.2) is 24.9 Å². The normalized spacial score (nSPS) is 14.8. The van der Waals surface area contributed by atoms with Crippen molar-refractivity contribution in [2.45, 2.75) is 12.8 Å². The largest absolute Gasteiger partial charge is 2.00 e. The molecule has 1 aliphatic carbocycles. The zero-order valence-electron chi connectivity index (χ0n) is 31.0. The number of hydrogen-bond acceptors (Lipinski definition) is 6. The average Bonchev–Trinajstić information content (AvgIpc) is 3.65. The van der Waals surface area contributed by atoms with Crippen LogP contribution < -0.4 is 0 Å². The second kappa shape index (κ2) is 16.0. The summed E-state index contributed by atoms with van der Waals surface area (Å²) in [5, 5.41) is 1.15. The van der Waals surface area contributed by atoms with Gasteiger partial charge in [0, 0.05) is 32.7 Å². The standard InChI is InChI=1S/C50H33N5S.U/c1-32-15-8-9-22-39(32)50-54-48(36-18-6-3-7-19-36)53-49(55-50)38-21-14-20-37(31-38)41-24-11-10-23-40(41)33-27-29-34(30-28-33)44-46-45(42-25-12-13-26-43(42)56-46)52-47(51-44)35-16-4-2-5-17-35;/h2-23,25-30,32,39H,1H3;/q-2;+2. The van der Waals surface area contributed by atoms with E-state index in [1.165, 1.54) is 4.70 Å².